The Morgan fingerprint density at radius 1 is 1.55 bits per heavy atom. The van der Waals surface area contributed by atoms with E-state index in [0.717, 1.165) is 0 Å². The van der Waals surface area contributed by atoms with E-state index in [2.05, 4.69) is 5.10 Å². The van der Waals surface area contributed by atoms with Crippen molar-refractivity contribution in [2.24, 2.45) is 0 Å². The molecule has 60 valence electrons. The van der Waals surface area contributed by atoms with Crippen LogP contribution < -0.4 is 10.7 Å². The Hall–Kier alpha value is -1.40. The van der Waals surface area contributed by atoms with Gasteiger partial charge < -0.3 is 0 Å². The zero-order valence-electron chi connectivity index (χ0n) is 5.07. The SMILES string of the molecule is O=c1[nH]ncc(C(F)(F)F)[nH+]1. The summed E-state index contributed by atoms with van der Waals surface area (Å²) < 4.78 is 35.2. The Labute approximate surface area is 58.1 Å². The fourth-order valence-corrected chi connectivity index (χ4v) is 0.482. The molecule has 0 aliphatic carbocycles. The average molecular weight is 166 g/mol. The summed E-state index contributed by atoms with van der Waals surface area (Å²) in [5, 5.41) is 4.74. The van der Waals surface area contributed by atoms with Crippen LogP contribution in [0.25, 0.3) is 0 Å². The Kier molecular flexibility index (Phi) is 1.63. The first kappa shape index (κ1) is 7.70. The third kappa shape index (κ3) is 1.76. The summed E-state index contributed by atoms with van der Waals surface area (Å²) in [5.41, 5.74) is -2.15. The van der Waals surface area contributed by atoms with Gasteiger partial charge in [0, 0.05) is 0 Å². The van der Waals surface area contributed by atoms with Gasteiger partial charge >= 0.3 is 11.9 Å². The van der Waals surface area contributed by atoms with Gasteiger partial charge in [0.05, 0.1) is 0 Å². The summed E-state index contributed by atoms with van der Waals surface area (Å²) in [6, 6.07) is 0. The van der Waals surface area contributed by atoms with E-state index in [9.17, 15) is 18.0 Å². The summed E-state index contributed by atoms with van der Waals surface area (Å²) in [5.74, 6) is 0. The van der Waals surface area contributed by atoms with Crippen LogP contribution in [0.15, 0.2) is 11.0 Å². The van der Waals surface area contributed by atoms with E-state index >= 15 is 0 Å². The standard InChI is InChI=1S/C4H2F3N3O/c5-4(6,7)2-1-8-10-3(11)9-2/h1H,(H,9,10,11)/p+1. The van der Waals surface area contributed by atoms with Crippen LogP contribution in [0.2, 0.25) is 0 Å². The van der Waals surface area contributed by atoms with Crippen molar-refractivity contribution in [2.75, 3.05) is 0 Å². The highest BCUT2D eigenvalue weighted by molar-refractivity contribution is 4.88. The van der Waals surface area contributed by atoms with Crippen molar-refractivity contribution in [1.29, 1.82) is 0 Å². The number of nitrogens with zero attached hydrogens (tertiary/aromatic N) is 1. The van der Waals surface area contributed by atoms with Crippen molar-refractivity contribution in [1.82, 2.24) is 10.2 Å². The molecule has 0 aliphatic rings. The number of rotatable bonds is 0. The first-order valence-electron chi connectivity index (χ1n) is 2.54. The van der Waals surface area contributed by atoms with Crippen LogP contribution in [0.4, 0.5) is 13.2 Å². The van der Waals surface area contributed by atoms with Crippen molar-refractivity contribution < 1.29 is 18.2 Å². The minimum Gasteiger partial charge on any atom is -0.196 e. The maximum atomic E-state index is 11.7. The number of halogens is 3. The molecule has 1 aromatic heterocycles. The quantitative estimate of drug-likeness (QED) is 0.570. The predicted octanol–water partition coefficient (Wildman–Crippen LogP) is -0.397. The molecule has 0 aliphatic heterocycles. The van der Waals surface area contributed by atoms with E-state index in [-0.39, 0.29) is 0 Å². The molecule has 11 heavy (non-hydrogen) atoms. The molecule has 0 fully saturated rings. The zero-order valence-corrected chi connectivity index (χ0v) is 5.07. The molecule has 0 aromatic carbocycles. The van der Waals surface area contributed by atoms with Gasteiger partial charge in [-0.05, 0) is 0 Å². The first-order valence-corrected chi connectivity index (χ1v) is 2.54. The molecule has 1 aromatic rings. The lowest BCUT2D eigenvalue weighted by atomic mass is 10.5. The van der Waals surface area contributed by atoms with E-state index in [1.807, 2.05) is 0 Å². The molecule has 0 bridgehead atoms. The van der Waals surface area contributed by atoms with Crippen molar-refractivity contribution in [2.45, 2.75) is 6.18 Å². The van der Waals surface area contributed by atoms with Gasteiger partial charge in [-0.1, -0.05) is 5.10 Å². The summed E-state index contributed by atoms with van der Waals surface area (Å²) in [6.45, 7) is 0. The van der Waals surface area contributed by atoms with Crippen LogP contribution in [0.1, 0.15) is 5.69 Å². The first-order chi connectivity index (χ1) is 5.00. The third-order valence-corrected chi connectivity index (χ3v) is 0.913. The highest BCUT2D eigenvalue weighted by atomic mass is 19.4. The largest absolute Gasteiger partial charge is 0.514 e. The monoisotopic (exact) mass is 166 g/mol. The number of aromatic amines is 2. The Bertz CT molecular complexity index is 304. The van der Waals surface area contributed by atoms with Crippen LogP contribution in [0.5, 0.6) is 0 Å². The molecule has 0 saturated heterocycles. The number of hydrogen-bond donors (Lipinski definition) is 1. The van der Waals surface area contributed by atoms with Crippen LogP contribution in [0.3, 0.4) is 0 Å². The number of nitrogens with one attached hydrogen (secondary N) is 2. The molecule has 2 N–H and O–H groups in total. The molecule has 0 radical (unpaired) electrons. The lowest BCUT2D eigenvalue weighted by molar-refractivity contribution is -0.447. The predicted molar refractivity (Wildman–Crippen MR) is 26.4 cm³/mol. The Morgan fingerprint density at radius 3 is 2.55 bits per heavy atom. The average Bonchev–Trinajstić information content (AvgIpc) is 1.86. The van der Waals surface area contributed by atoms with E-state index in [4.69, 9.17) is 0 Å². The van der Waals surface area contributed by atoms with Crippen LogP contribution >= 0.6 is 0 Å². The van der Waals surface area contributed by atoms with Gasteiger partial charge in [0.15, 0.2) is 0 Å². The van der Waals surface area contributed by atoms with Crippen LogP contribution in [-0.2, 0) is 6.18 Å². The lowest BCUT2D eigenvalue weighted by Gasteiger charge is -1.98. The fourth-order valence-electron chi connectivity index (χ4n) is 0.482. The number of hydrogen-bond acceptors (Lipinski definition) is 2. The van der Waals surface area contributed by atoms with E-state index in [1.54, 1.807) is 10.1 Å². The molecule has 1 rings (SSSR count). The molecule has 0 atom stereocenters. The van der Waals surface area contributed by atoms with Crippen LogP contribution in [0, 0.1) is 0 Å². The second-order valence-corrected chi connectivity index (χ2v) is 1.74. The third-order valence-electron chi connectivity index (χ3n) is 0.913. The van der Waals surface area contributed by atoms with Gasteiger partial charge in [0.2, 0.25) is 5.69 Å². The smallest absolute Gasteiger partial charge is 0.196 e. The van der Waals surface area contributed by atoms with Crippen molar-refractivity contribution in [3.63, 3.8) is 0 Å². The molecular formula is C4H3F3N3O+. The minimum absolute atomic E-state index is 0.501. The van der Waals surface area contributed by atoms with Gasteiger partial charge in [-0.3, -0.25) is 0 Å². The number of aromatic nitrogens is 3. The summed E-state index contributed by atoms with van der Waals surface area (Å²) in [4.78, 5) is 11.8. The maximum absolute atomic E-state index is 11.7. The van der Waals surface area contributed by atoms with E-state index < -0.39 is 17.6 Å². The zero-order chi connectivity index (χ0) is 8.48. The van der Waals surface area contributed by atoms with E-state index in [1.165, 1.54) is 0 Å². The number of H-pyrrole nitrogens is 2. The molecule has 0 unspecified atom stereocenters. The second kappa shape index (κ2) is 2.33. The molecule has 4 nitrogen and oxygen atoms in total. The van der Waals surface area contributed by atoms with Crippen molar-refractivity contribution >= 4 is 0 Å². The summed E-state index contributed by atoms with van der Waals surface area (Å²) >= 11 is 0. The van der Waals surface area contributed by atoms with E-state index in [0.29, 0.717) is 6.20 Å². The van der Waals surface area contributed by atoms with Gasteiger partial charge in [-0.15, -0.1) is 5.10 Å². The summed E-state index contributed by atoms with van der Waals surface area (Å²) in [7, 11) is 0. The maximum Gasteiger partial charge on any atom is 0.514 e. The minimum atomic E-state index is -4.55. The molecule has 0 spiro atoms. The topological polar surface area (TPSA) is 59.9 Å². The van der Waals surface area contributed by atoms with Crippen molar-refractivity contribution in [3.05, 3.63) is 22.4 Å². The molecule has 0 amide bonds. The molecule has 0 saturated carbocycles. The van der Waals surface area contributed by atoms with Gasteiger partial charge in [0.1, 0.15) is 6.20 Å². The van der Waals surface area contributed by atoms with Gasteiger partial charge in [-0.2, -0.15) is 22.9 Å². The molecule has 1 heterocycles. The molecule has 7 heteroatoms. The van der Waals surface area contributed by atoms with Gasteiger partial charge in [0.25, 0.3) is 0 Å². The highest BCUT2D eigenvalue weighted by Gasteiger charge is 2.35. The fraction of sp³-hybridized carbons (Fsp3) is 0.250. The second-order valence-electron chi connectivity index (χ2n) is 1.74. The van der Waals surface area contributed by atoms with Crippen molar-refractivity contribution in [3.8, 4) is 0 Å². The summed E-state index contributed by atoms with van der Waals surface area (Å²) in [6.07, 6.45) is -4.05. The van der Waals surface area contributed by atoms with Crippen LogP contribution in [-0.4, -0.2) is 10.2 Å². The lowest BCUT2D eigenvalue weighted by Crippen LogP contribution is -2.37. The highest BCUT2D eigenvalue weighted by Crippen LogP contribution is 2.23. The van der Waals surface area contributed by atoms with Gasteiger partial charge in [-0.25, -0.2) is 0 Å². The Balaban J connectivity index is 3.16. The number of alkyl halides is 3. The normalized spacial score (nSPS) is 11.5. The molecular weight excluding hydrogens is 163 g/mol. The Morgan fingerprint density at radius 2 is 2.18 bits per heavy atom.